The van der Waals surface area contributed by atoms with E-state index in [1.165, 1.54) is 17.3 Å². The topological polar surface area (TPSA) is 76.9 Å². The van der Waals surface area contributed by atoms with Gasteiger partial charge in [-0.2, -0.15) is 0 Å². The lowest BCUT2D eigenvalue weighted by molar-refractivity contribution is 0.589. The molecule has 6 nitrogen and oxygen atoms in total. The molecule has 0 spiro atoms. The van der Waals surface area contributed by atoms with Gasteiger partial charge >= 0.3 is 0 Å². The molecule has 1 aromatic heterocycles. The first-order chi connectivity index (χ1) is 13.6. The molecule has 3 rings (SSSR count). The highest BCUT2D eigenvalue weighted by Gasteiger charge is 2.18. The van der Waals surface area contributed by atoms with Gasteiger partial charge in [0.15, 0.2) is 11.0 Å². The molecule has 0 fully saturated rings. The van der Waals surface area contributed by atoms with E-state index in [0.717, 1.165) is 28.5 Å². The quantitative estimate of drug-likeness (QED) is 0.455. The third-order valence-electron chi connectivity index (χ3n) is 4.35. The van der Waals surface area contributed by atoms with E-state index < -0.39 is 10.0 Å². The standard InChI is InChI=1S/C21H26N4O2S2/c1-21(2,3)17-12-10-16(11-13-17)19-23-24-20(28-15-14-22-29(4,26)27)25(19)18-8-6-5-7-9-18/h5-13,22H,14-15H2,1-4H3. The molecule has 154 valence electrons. The van der Waals surface area contributed by atoms with Crippen LogP contribution in [0.4, 0.5) is 0 Å². The molecular formula is C21H26N4O2S2. The normalized spacial score (nSPS) is 12.3. The smallest absolute Gasteiger partial charge is 0.208 e. The minimum absolute atomic E-state index is 0.0826. The maximum atomic E-state index is 11.3. The first-order valence-corrected chi connectivity index (χ1v) is 12.2. The summed E-state index contributed by atoms with van der Waals surface area (Å²) < 4.78 is 27.0. The first-order valence-electron chi connectivity index (χ1n) is 9.34. The van der Waals surface area contributed by atoms with E-state index >= 15 is 0 Å². The predicted octanol–water partition coefficient (Wildman–Crippen LogP) is 3.87. The molecular weight excluding hydrogens is 404 g/mol. The van der Waals surface area contributed by atoms with Crippen molar-refractivity contribution in [1.29, 1.82) is 0 Å². The van der Waals surface area contributed by atoms with Crippen LogP contribution in [0.15, 0.2) is 59.8 Å². The molecule has 8 heteroatoms. The van der Waals surface area contributed by atoms with Crippen molar-refractivity contribution in [3.63, 3.8) is 0 Å². The Morgan fingerprint density at radius 2 is 1.66 bits per heavy atom. The summed E-state index contributed by atoms with van der Waals surface area (Å²) in [6, 6.07) is 18.3. The lowest BCUT2D eigenvalue weighted by Crippen LogP contribution is -2.24. The summed E-state index contributed by atoms with van der Waals surface area (Å²) in [5.41, 5.74) is 3.29. The summed E-state index contributed by atoms with van der Waals surface area (Å²) in [5.74, 6) is 1.32. The van der Waals surface area contributed by atoms with Gasteiger partial charge in [-0.3, -0.25) is 4.57 Å². The summed E-state index contributed by atoms with van der Waals surface area (Å²) in [7, 11) is -3.20. The molecule has 0 radical (unpaired) electrons. The van der Waals surface area contributed by atoms with Gasteiger partial charge < -0.3 is 0 Å². The fourth-order valence-corrected chi connectivity index (χ4v) is 4.26. The molecule has 0 saturated carbocycles. The Morgan fingerprint density at radius 1 is 1.00 bits per heavy atom. The summed E-state index contributed by atoms with van der Waals surface area (Å²) in [5, 5.41) is 9.53. The molecule has 0 aliphatic carbocycles. The fraction of sp³-hybridized carbons (Fsp3) is 0.333. The first kappa shape index (κ1) is 21.5. The van der Waals surface area contributed by atoms with Crippen LogP contribution in [0.5, 0.6) is 0 Å². The second kappa shape index (κ2) is 8.69. The number of nitrogens with one attached hydrogen (secondary N) is 1. The third-order valence-corrected chi connectivity index (χ3v) is 6.01. The summed E-state index contributed by atoms with van der Waals surface area (Å²) in [6.07, 6.45) is 1.16. The van der Waals surface area contributed by atoms with E-state index in [-0.39, 0.29) is 5.41 Å². The van der Waals surface area contributed by atoms with Gasteiger partial charge in [0.2, 0.25) is 10.0 Å². The van der Waals surface area contributed by atoms with Crippen molar-refractivity contribution in [3.05, 3.63) is 60.2 Å². The van der Waals surface area contributed by atoms with Crippen molar-refractivity contribution in [2.24, 2.45) is 0 Å². The molecule has 2 aromatic carbocycles. The SMILES string of the molecule is CC(C)(C)c1ccc(-c2nnc(SCCNS(C)(=O)=O)n2-c2ccccc2)cc1. The Morgan fingerprint density at radius 3 is 2.24 bits per heavy atom. The average Bonchev–Trinajstić information content (AvgIpc) is 3.08. The summed E-state index contributed by atoms with van der Waals surface area (Å²) >= 11 is 1.47. The van der Waals surface area contributed by atoms with E-state index in [2.05, 4.69) is 60.0 Å². The van der Waals surface area contributed by atoms with Gasteiger partial charge in [0, 0.05) is 23.5 Å². The third kappa shape index (κ3) is 5.68. The van der Waals surface area contributed by atoms with E-state index in [1.54, 1.807) is 0 Å². The van der Waals surface area contributed by atoms with Crippen LogP contribution in [0.3, 0.4) is 0 Å². The number of thioether (sulfide) groups is 1. The van der Waals surface area contributed by atoms with Crippen molar-refractivity contribution in [1.82, 2.24) is 19.5 Å². The van der Waals surface area contributed by atoms with Gasteiger partial charge in [-0.1, -0.05) is 75.0 Å². The Bertz CT molecular complexity index is 1050. The van der Waals surface area contributed by atoms with E-state index in [9.17, 15) is 8.42 Å². The molecule has 0 bridgehead atoms. The number of para-hydroxylation sites is 1. The Kier molecular flexibility index (Phi) is 6.45. The van der Waals surface area contributed by atoms with Crippen LogP contribution < -0.4 is 4.72 Å². The number of aromatic nitrogens is 3. The van der Waals surface area contributed by atoms with Crippen LogP contribution in [0.2, 0.25) is 0 Å². The van der Waals surface area contributed by atoms with Gasteiger partial charge in [0.1, 0.15) is 0 Å². The van der Waals surface area contributed by atoms with Crippen LogP contribution in [-0.4, -0.2) is 41.7 Å². The Labute approximate surface area is 176 Å². The Hall–Kier alpha value is -2.16. The second-order valence-electron chi connectivity index (χ2n) is 7.82. The van der Waals surface area contributed by atoms with Crippen LogP contribution in [0.1, 0.15) is 26.3 Å². The average molecular weight is 431 g/mol. The fourth-order valence-electron chi connectivity index (χ4n) is 2.85. The lowest BCUT2D eigenvalue weighted by Gasteiger charge is -2.19. The molecule has 29 heavy (non-hydrogen) atoms. The van der Waals surface area contributed by atoms with Crippen LogP contribution in [0.25, 0.3) is 17.1 Å². The number of sulfonamides is 1. The molecule has 0 atom stereocenters. The van der Waals surface area contributed by atoms with Crippen molar-refractivity contribution >= 4 is 21.8 Å². The van der Waals surface area contributed by atoms with Gasteiger partial charge in [0.25, 0.3) is 0 Å². The minimum atomic E-state index is -3.20. The number of nitrogens with zero attached hydrogens (tertiary/aromatic N) is 3. The number of rotatable bonds is 7. The highest BCUT2D eigenvalue weighted by molar-refractivity contribution is 7.99. The van der Waals surface area contributed by atoms with Crippen LogP contribution in [0, 0.1) is 0 Å². The molecule has 0 aliphatic rings. The zero-order chi connectivity index (χ0) is 21.1. The van der Waals surface area contributed by atoms with Crippen molar-refractivity contribution in [2.75, 3.05) is 18.6 Å². The second-order valence-corrected chi connectivity index (χ2v) is 10.7. The Balaban J connectivity index is 1.92. The van der Waals surface area contributed by atoms with Gasteiger partial charge in [-0.05, 0) is 23.1 Å². The molecule has 1 N–H and O–H groups in total. The van der Waals surface area contributed by atoms with E-state index in [1.807, 2.05) is 34.9 Å². The van der Waals surface area contributed by atoms with Crippen molar-refractivity contribution < 1.29 is 8.42 Å². The van der Waals surface area contributed by atoms with E-state index in [0.29, 0.717) is 12.3 Å². The largest absolute Gasteiger partial charge is 0.270 e. The van der Waals surface area contributed by atoms with E-state index in [4.69, 9.17) is 0 Å². The van der Waals surface area contributed by atoms with Gasteiger partial charge in [-0.25, -0.2) is 13.1 Å². The maximum absolute atomic E-state index is 11.3. The van der Waals surface area contributed by atoms with Crippen LogP contribution >= 0.6 is 11.8 Å². The van der Waals surface area contributed by atoms with Gasteiger partial charge in [0.05, 0.1) is 6.26 Å². The maximum Gasteiger partial charge on any atom is 0.208 e. The zero-order valence-electron chi connectivity index (χ0n) is 17.1. The predicted molar refractivity (Wildman–Crippen MR) is 119 cm³/mol. The number of hydrogen-bond acceptors (Lipinski definition) is 5. The monoisotopic (exact) mass is 430 g/mol. The number of hydrogen-bond donors (Lipinski definition) is 1. The zero-order valence-corrected chi connectivity index (χ0v) is 18.7. The molecule has 0 saturated heterocycles. The van der Waals surface area contributed by atoms with Crippen LogP contribution in [-0.2, 0) is 15.4 Å². The molecule has 0 unspecified atom stereocenters. The highest BCUT2D eigenvalue weighted by atomic mass is 32.2. The summed E-state index contributed by atoms with van der Waals surface area (Å²) in [6.45, 7) is 6.90. The number of benzene rings is 2. The molecule has 3 aromatic rings. The lowest BCUT2D eigenvalue weighted by atomic mass is 9.87. The highest BCUT2D eigenvalue weighted by Crippen LogP contribution is 2.30. The molecule has 1 heterocycles. The van der Waals surface area contributed by atoms with Crippen molar-refractivity contribution in [3.8, 4) is 17.1 Å². The van der Waals surface area contributed by atoms with Gasteiger partial charge in [-0.15, -0.1) is 10.2 Å². The molecule has 0 amide bonds. The summed E-state index contributed by atoms with van der Waals surface area (Å²) in [4.78, 5) is 0. The molecule has 0 aliphatic heterocycles. The minimum Gasteiger partial charge on any atom is -0.270 e. The van der Waals surface area contributed by atoms with Crippen molar-refractivity contribution in [2.45, 2.75) is 31.3 Å².